The van der Waals surface area contributed by atoms with Gasteiger partial charge in [-0.05, 0) is 24.6 Å². The van der Waals surface area contributed by atoms with Crippen LogP contribution in [-0.2, 0) is 4.79 Å². The summed E-state index contributed by atoms with van der Waals surface area (Å²) < 4.78 is 0. The van der Waals surface area contributed by atoms with Crippen LogP contribution in [0.5, 0.6) is 0 Å². The molecule has 110 valence electrons. The third kappa shape index (κ3) is 4.51. The van der Waals surface area contributed by atoms with Gasteiger partial charge in [0.25, 0.3) is 5.91 Å². The second-order valence-electron chi connectivity index (χ2n) is 4.51. The van der Waals surface area contributed by atoms with Crippen LogP contribution in [-0.4, -0.2) is 24.9 Å². The van der Waals surface area contributed by atoms with E-state index in [4.69, 9.17) is 17.3 Å². The number of amides is 2. The summed E-state index contributed by atoms with van der Waals surface area (Å²) in [4.78, 5) is 23.5. The average molecular weight is 298 g/mol. The first kappa shape index (κ1) is 16.5. The van der Waals surface area contributed by atoms with Crippen LogP contribution in [0.3, 0.4) is 0 Å². The average Bonchev–Trinajstić information content (AvgIpc) is 2.45. The van der Waals surface area contributed by atoms with Crippen LogP contribution in [0.2, 0.25) is 5.02 Å². The highest BCUT2D eigenvalue weighted by Crippen LogP contribution is 2.20. The number of hydrogen-bond donors (Lipinski definition) is 3. The molecule has 0 saturated heterocycles. The Labute approximate surface area is 123 Å². The first-order valence-electron chi connectivity index (χ1n) is 6.57. The van der Waals surface area contributed by atoms with Crippen LogP contribution in [0.4, 0.5) is 5.69 Å². The molecular weight excluding hydrogens is 278 g/mol. The largest absolute Gasteiger partial charge is 0.355 e. The van der Waals surface area contributed by atoms with Crippen molar-refractivity contribution in [3.8, 4) is 0 Å². The van der Waals surface area contributed by atoms with Crippen molar-refractivity contribution in [3.05, 3.63) is 28.8 Å². The molecule has 1 unspecified atom stereocenters. The van der Waals surface area contributed by atoms with Crippen LogP contribution < -0.4 is 16.4 Å². The van der Waals surface area contributed by atoms with E-state index in [1.807, 2.05) is 6.92 Å². The molecule has 0 spiro atoms. The maximum Gasteiger partial charge on any atom is 0.252 e. The van der Waals surface area contributed by atoms with E-state index < -0.39 is 6.04 Å². The molecule has 0 aliphatic rings. The van der Waals surface area contributed by atoms with Crippen molar-refractivity contribution in [2.75, 3.05) is 12.4 Å². The standard InChI is InChI=1S/C14H20ClN3O2/c1-3-4-5-12(16)14(20)18-9-6-7-11(15)10(8-9)13(19)17-2/h6-8,12H,3-5,16H2,1-2H3,(H,17,19)(H,18,20). The molecule has 6 heteroatoms. The Hall–Kier alpha value is -1.59. The van der Waals surface area contributed by atoms with Gasteiger partial charge in [0.05, 0.1) is 16.6 Å². The molecule has 0 radical (unpaired) electrons. The third-order valence-corrected chi connectivity index (χ3v) is 3.24. The maximum absolute atomic E-state index is 11.9. The van der Waals surface area contributed by atoms with Gasteiger partial charge in [-0.1, -0.05) is 31.4 Å². The summed E-state index contributed by atoms with van der Waals surface area (Å²) in [6.45, 7) is 2.04. The van der Waals surface area contributed by atoms with Gasteiger partial charge in [0, 0.05) is 12.7 Å². The first-order chi connectivity index (χ1) is 9.49. The smallest absolute Gasteiger partial charge is 0.252 e. The Kier molecular flexibility index (Phi) is 6.48. The lowest BCUT2D eigenvalue weighted by atomic mass is 10.1. The van der Waals surface area contributed by atoms with E-state index in [0.717, 1.165) is 12.8 Å². The molecule has 0 bridgehead atoms. The van der Waals surface area contributed by atoms with Crippen molar-refractivity contribution < 1.29 is 9.59 Å². The van der Waals surface area contributed by atoms with Gasteiger partial charge in [-0.3, -0.25) is 9.59 Å². The minimum absolute atomic E-state index is 0.261. The van der Waals surface area contributed by atoms with Crippen molar-refractivity contribution in [2.24, 2.45) is 5.73 Å². The van der Waals surface area contributed by atoms with Gasteiger partial charge in [0.1, 0.15) is 0 Å². The number of carbonyl (C=O) groups is 2. The predicted octanol–water partition coefficient (Wildman–Crippen LogP) is 2.16. The van der Waals surface area contributed by atoms with E-state index in [9.17, 15) is 9.59 Å². The van der Waals surface area contributed by atoms with Crippen molar-refractivity contribution in [1.82, 2.24) is 5.32 Å². The summed E-state index contributed by atoms with van der Waals surface area (Å²) in [6, 6.07) is 4.19. The second-order valence-corrected chi connectivity index (χ2v) is 4.92. The number of benzene rings is 1. The van der Waals surface area contributed by atoms with Crippen molar-refractivity contribution in [3.63, 3.8) is 0 Å². The maximum atomic E-state index is 11.9. The number of carbonyl (C=O) groups excluding carboxylic acids is 2. The van der Waals surface area contributed by atoms with Gasteiger partial charge >= 0.3 is 0 Å². The normalized spacial score (nSPS) is 11.8. The zero-order chi connectivity index (χ0) is 15.1. The molecule has 1 atom stereocenters. The molecule has 4 N–H and O–H groups in total. The molecule has 0 aliphatic heterocycles. The highest BCUT2D eigenvalue weighted by Gasteiger charge is 2.15. The van der Waals surface area contributed by atoms with Gasteiger partial charge in [0.15, 0.2) is 0 Å². The molecule has 0 saturated carbocycles. The van der Waals surface area contributed by atoms with Crippen molar-refractivity contribution in [1.29, 1.82) is 0 Å². The molecular formula is C14H20ClN3O2. The molecule has 20 heavy (non-hydrogen) atoms. The summed E-state index contributed by atoms with van der Waals surface area (Å²) in [5.74, 6) is -0.565. The van der Waals surface area contributed by atoms with E-state index in [1.54, 1.807) is 12.1 Å². The number of hydrogen-bond acceptors (Lipinski definition) is 3. The predicted molar refractivity (Wildman–Crippen MR) is 81.0 cm³/mol. The lowest BCUT2D eigenvalue weighted by Gasteiger charge is -2.13. The van der Waals surface area contributed by atoms with Crippen LogP contribution >= 0.6 is 11.6 Å². The van der Waals surface area contributed by atoms with Crippen LogP contribution in [0.25, 0.3) is 0 Å². The summed E-state index contributed by atoms with van der Waals surface area (Å²) >= 11 is 5.94. The van der Waals surface area contributed by atoms with Gasteiger partial charge in [0.2, 0.25) is 5.91 Å². The Morgan fingerprint density at radius 1 is 1.40 bits per heavy atom. The molecule has 1 aromatic carbocycles. The topological polar surface area (TPSA) is 84.2 Å². The summed E-state index contributed by atoms with van der Waals surface area (Å²) in [7, 11) is 1.52. The Bertz CT molecular complexity index is 491. The fourth-order valence-electron chi connectivity index (χ4n) is 1.70. The quantitative estimate of drug-likeness (QED) is 0.752. The summed E-state index contributed by atoms with van der Waals surface area (Å²) in [5.41, 5.74) is 6.61. The number of rotatable bonds is 6. The van der Waals surface area contributed by atoms with E-state index in [0.29, 0.717) is 22.7 Å². The Balaban J connectivity index is 2.78. The SMILES string of the molecule is CCCCC(N)C(=O)Nc1ccc(Cl)c(C(=O)NC)c1. The molecule has 0 heterocycles. The minimum atomic E-state index is -0.547. The number of nitrogens with one attached hydrogen (secondary N) is 2. The van der Waals surface area contributed by atoms with Crippen LogP contribution in [0.1, 0.15) is 36.5 Å². The molecule has 5 nitrogen and oxygen atoms in total. The van der Waals surface area contributed by atoms with E-state index in [-0.39, 0.29) is 11.8 Å². The molecule has 1 rings (SSSR count). The number of anilines is 1. The summed E-state index contributed by atoms with van der Waals surface area (Å²) in [5, 5.41) is 5.52. The van der Waals surface area contributed by atoms with Gasteiger partial charge in [-0.25, -0.2) is 0 Å². The first-order valence-corrected chi connectivity index (χ1v) is 6.95. The number of nitrogens with two attached hydrogens (primary N) is 1. The van der Waals surface area contributed by atoms with Crippen LogP contribution in [0.15, 0.2) is 18.2 Å². The third-order valence-electron chi connectivity index (χ3n) is 2.91. The molecule has 2 amide bonds. The lowest BCUT2D eigenvalue weighted by molar-refractivity contribution is -0.117. The van der Waals surface area contributed by atoms with E-state index in [1.165, 1.54) is 13.1 Å². The molecule has 0 aliphatic carbocycles. The highest BCUT2D eigenvalue weighted by molar-refractivity contribution is 6.34. The minimum Gasteiger partial charge on any atom is -0.355 e. The zero-order valence-corrected chi connectivity index (χ0v) is 12.5. The lowest BCUT2D eigenvalue weighted by Crippen LogP contribution is -2.35. The van der Waals surface area contributed by atoms with E-state index >= 15 is 0 Å². The van der Waals surface area contributed by atoms with Gasteiger partial charge < -0.3 is 16.4 Å². The Morgan fingerprint density at radius 3 is 2.70 bits per heavy atom. The highest BCUT2D eigenvalue weighted by atomic mass is 35.5. The van der Waals surface area contributed by atoms with Gasteiger partial charge in [-0.2, -0.15) is 0 Å². The molecule has 0 fully saturated rings. The van der Waals surface area contributed by atoms with Crippen molar-refractivity contribution >= 4 is 29.1 Å². The number of unbranched alkanes of at least 4 members (excludes halogenated alkanes) is 1. The van der Waals surface area contributed by atoms with Gasteiger partial charge in [-0.15, -0.1) is 0 Å². The molecule has 1 aromatic rings. The zero-order valence-electron chi connectivity index (χ0n) is 11.7. The monoisotopic (exact) mass is 297 g/mol. The fraction of sp³-hybridized carbons (Fsp3) is 0.429. The fourth-order valence-corrected chi connectivity index (χ4v) is 1.91. The number of halogens is 1. The molecule has 0 aromatic heterocycles. The Morgan fingerprint density at radius 2 is 2.10 bits per heavy atom. The van der Waals surface area contributed by atoms with Crippen LogP contribution in [0, 0.1) is 0 Å². The van der Waals surface area contributed by atoms with Crippen molar-refractivity contribution in [2.45, 2.75) is 32.2 Å². The second kappa shape index (κ2) is 7.87. The van der Waals surface area contributed by atoms with E-state index in [2.05, 4.69) is 10.6 Å². The summed E-state index contributed by atoms with van der Waals surface area (Å²) in [6.07, 6.45) is 2.53.